The Balaban J connectivity index is 1.76. The van der Waals surface area contributed by atoms with E-state index in [0.29, 0.717) is 0 Å². The van der Waals surface area contributed by atoms with Crippen LogP contribution in [-0.2, 0) is 0 Å². The van der Waals surface area contributed by atoms with E-state index in [4.69, 9.17) is 0 Å². The average Bonchev–Trinajstić information content (AvgIpc) is 2.79. The maximum Gasteiger partial charge on any atom is 0.124 e. The summed E-state index contributed by atoms with van der Waals surface area (Å²) >= 11 is 3.70. The van der Waals surface area contributed by atoms with Crippen molar-refractivity contribution in [2.24, 2.45) is 4.99 Å². The van der Waals surface area contributed by atoms with Gasteiger partial charge in [0.2, 0.25) is 0 Å². The van der Waals surface area contributed by atoms with Crippen molar-refractivity contribution in [1.82, 2.24) is 0 Å². The van der Waals surface area contributed by atoms with E-state index >= 15 is 0 Å². The van der Waals surface area contributed by atoms with Crippen LogP contribution in [0, 0.1) is 0 Å². The molecule has 1 aromatic carbocycles. The molecule has 0 radical (unpaired) electrons. The van der Waals surface area contributed by atoms with E-state index in [0.717, 1.165) is 18.1 Å². The van der Waals surface area contributed by atoms with E-state index in [2.05, 4.69) is 41.4 Å². The van der Waals surface area contributed by atoms with Gasteiger partial charge in [0.05, 0.1) is 6.54 Å². The highest BCUT2D eigenvalue weighted by atomic mass is 32.2. The summed E-state index contributed by atoms with van der Waals surface area (Å²) in [7, 11) is 0. The highest BCUT2D eigenvalue weighted by molar-refractivity contribution is 8.39. The van der Waals surface area contributed by atoms with Crippen LogP contribution in [0.25, 0.3) is 6.08 Å². The third-order valence-corrected chi connectivity index (χ3v) is 4.18. The second kappa shape index (κ2) is 6.03. The Bertz CT molecular complexity index is 357. The van der Waals surface area contributed by atoms with Crippen LogP contribution in [0.15, 0.2) is 41.4 Å². The summed E-state index contributed by atoms with van der Waals surface area (Å²) in [6, 6.07) is 10.4. The minimum absolute atomic E-state index is 0.995. The van der Waals surface area contributed by atoms with E-state index in [9.17, 15) is 0 Å². The first kappa shape index (κ1) is 10.8. The molecule has 0 aromatic heterocycles. The van der Waals surface area contributed by atoms with Crippen LogP contribution >= 0.6 is 23.5 Å². The van der Waals surface area contributed by atoms with E-state index in [-0.39, 0.29) is 0 Å². The molecule has 0 spiro atoms. The van der Waals surface area contributed by atoms with Gasteiger partial charge in [0.15, 0.2) is 0 Å². The molecule has 0 N–H and O–H groups in total. The molecule has 15 heavy (non-hydrogen) atoms. The molecule has 78 valence electrons. The normalized spacial score (nSPS) is 15.9. The topological polar surface area (TPSA) is 12.4 Å². The van der Waals surface area contributed by atoms with Crippen LogP contribution in [-0.4, -0.2) is 22.4 Å². The Labute approximate surface area is 99.1 Å². The highest BCUT2D eigenvalue weighted by Crippen LogP contribution is 2.22. The van der Waals surface area contributed by atoms with E-state index in [1.807, 2.05) is 29.6 Å². The maximum absolute atomic E-state index is 4.39. The predicted molar refractivity (Wildman–Crippen MR) is 72.7 cm³/mol. The van der Waals surface area contributed by atoms with Gasteiger partial charge in [-0.1, -0.05) is 66.0 Å². The molecular weight excluding hydrogens is 222 g/mol. The molecule has 0 unspecified atom stereocenters. The van der Waals surface area contributed by atoms with Gasteiger partial charge in [-0.3, -0.25) is 4.99 Å². The zero-order chi connectivity index (χ0) is 10.3. The first-order valence-corrected chi connectivity index (χ1v) is 6.94. The van der Waals surface area contributed by atoms with Crippen LogP contribution in [0.1, 0.15) is 5.56 Å². The number of hydrogen-bond donors (Lipinski definition) is 0. The summed E-state index contributed by atoms with van der Waals surface area (Å²) in [5.74, 6) is 2.17. The lowest BCUT2D eigenvalue weighted by Gasteiger charge is -1.94. The number of hydrogen-bond acceptors (Lipinski definition) is 3. The van der Waals surface area contributed by atoms with E-state index < -0.39 is 0 Å². The largest absolute Gasteiger partial charge is 0.271 e. The Kier molecular flexibility index (Phi) is 4.36. The van der Waals surface area contributed by atoms with Crippen molar-refractivity contribution in [1.29, 1.82) is 0 Å². The van der Waals surface area contributed by atoms with Gasteiger partial charge in [0, 0.05) is 11.5 Å². The molecule has 1 aliphatic rings. The summed E-state index contributed by atoms with van der Waals surface area (Å²) in [6.07, 6.45) is 4.36. The highest BCUT2D eigenvalue weighted by Gasteiger charge is 2.05. The van der Waals surface area contributed by atoms with Crippen LogP contribution in [0.5, 0.6) is 0 Å². The minimum Gasteiger partial charge on any atom is -0.271 e. The second-order valence-electron chi connectivity index (χ2n) is 3.12. The lowest BCUT2D eigenvalue weighted by atomic mass is 10.2. The minimum atomic E-state index is 0.995. The van der Waals surface area contributed by atoms with Crippen molar-refractivity contribution in [3.8, 4) is 0 Å². The van der Waals surface area contributed by atoms with Crippen molar-refractivity contribution < 1.29 is 0 Å². The Morgan fingerprint density at radius 2 is 2.20 bits per heavy atom. The van der Waals surface area contributed by atoms with Crippen LogP contribution < -0.4 is 0 Å². The second-order valence-corrected chi connectivity index (χ2v) is 5.47. The summed E-state index contributed by atoms with van der Waals surface area (Å²) in [5, 5.41) is 0. The van der Waals surface area contributed by atoms with Gasteiger partial charge < -0.3 is 0 Å². The smallest absolute Gasteiger partial charge is 0.124 e. The summed E-state index contributed by atoms with van der Waals surface area (Å²) in [4.78, 5) is 4.39. The van der Waals surface area contributed by atoms with Gasteiger partial charge in [-0.2, -0.15) is 0 Å². The molecule has 3 heteroatoms. The quantitative estimate of drug-likeness (QED) is 0.794. The molecule has 0 amide bonds. The van der Waals surface area contributed by atoms with E-state index in [1.54, 1.807) is 0 Å². The fourth-order valence-corrected chi connectivity index (χ4v) is 3.12. The summed E-state index contributed by atoms with van der Waals surface area (Å²) < 4.78 is 1.24. The number of thioether (sulfide) groups is 2. The van der Waals surface area contributed by atoms with Crippen LogP contribution in [0.3, 0.4) is 0 Å². The molecule has 0 saturated heterocycles. The molecular formula is C12H13NS2. The third-order valence-electron chi connectivity index (χ3n) is 1.97. The number of rotatable bonds is 3. The van der Waals surface area contributed by atoms with Crippen molar-refractivity contribution in [2.45, 2.75) is 0 Å². The Hall–Kier alpha value is -0.670. The van der Waals surface area contributed by atoms with Crippen molar-refractivity contribution in [3.05, 3.63) is 42.0 Å². The van der Waals surface area contributed by atoms with Gasteiger partial charge in [-0.25, -0.2) is 0 Å². The monoisotopic (exact) mass is 235 g/mol. The number of aliphatic imine (C=N–C) groups is 1. The van der Waals surface area contributed by atoms with Gasteiger partial charge in [-0.05, 0) is 5.56 Å². The molecule has 1 heterocycles. The Morgan fingerprint density at radius 1 is 1.33 bits per heavy atom. The van der Waals surface area contributed by atoms with Gasteiger partial charge in [0.25, 0.3) is 0 Å². The van der Waals surface area contributed by atoms with Crippen molar-refractivity contribution in [2.75, 3.05) is 18.1 Å². The zero-order valence-electron chi connectivity index (χ0n) is 8.43. The number of benzene rings is 1. The molecule has 0 atom stereocenters. The maximum atomic E-state index is 4.39. The third kappa shape index (κ3) is 3.76. The standard InChI is InChI=1S/C12H13NS2/c1-2-5-11(6-3-1)7-4-9-14-12-13-8-10-15-12/h1-7H,8-10H2/b7-4+. The molecule has 0 bridgehead atoms. The van der Waals surface area contributed by atoms with Gasteiger partial charge in [0.1, 0.15) is 4.38 Å². The Morgan fingerprint density at radius 3 is 2.93 bits per heavy atom. The van der Waals surface area contributed by atoms with Crippen LogP contribution in [0.2, 0.25) is 0 Å². The molecule has 1 nitrogen and oxygen atoms in total. The molecule has 0 aliphatic carbocycles. The zero-order valence-corrected chi connectivity index (χ0v) is 10.1. The summed E-state index contributed by atoms with van der Waals surface area (Å²) in [5.41, 5.74) is 1.26. The first-order chi connectivity index (χ1) is 7.45. The molecule has 0 saturated carbocycles. The molecule has 2 rings (SSSR count). The van der Waals surface area contributed by atoms with Gasteiger partial charge >= 0.3 is 0 Å². The van der Waals surface area contributed by atoms with Crippen molar-refractivity contribution in [3.63, 3.8) is 0 Å². The molecule has 0 fully saturated rings. The van der Waals surface area contributed by atoms with Crippen molar-refractivity contribution >= 4 is 34.0 Å². The SMILES string of the molecule is C(=C\c1ccccc1)/CSC1=NCCS1. The fourth-order valence-electron chi connectivity index (χ4n) is 1.27. The summed E-state index contributed by atoms with van der Waals surface area (Å²) in [6.45, 7) is 0.995. The first-order valence-electron chi connectivity index (χ1n) is 4.97. The predicted octanol–water partition coefficient (Wildman–Crippen LogP) is 3.54. The average molecular weight is 235 g/mol. The number of nitrogens with zero attached hydrogens (tertiary/aromatic N) is 1. The molecule has 1 aromatic rings. The molecule has 1 aliphatic heterocycles. The lowest BCUT2D eigenvalue weighted by Crippen LogP contribution is -1.80. The van der Waals surface area contributed by atoms with E-state index in [1.165, 1.54) is 9.94 Å². The van der Waals surface area contributed by atoms with Crippen LogP contribution in [0.4, 0.5) is 0 Å². The van der Waals surface area contributed by atoms with Gasteiger partial charge in [-0.15, -0.1) is 0 Å². The fraction of sp³-hybridized carbons (Fsp3) is 0.250. The lowest BCUT2D eigenvalue weighted by molar-refractivity contribution is 1.18.